The van der Waals surface area contributed by atoms with Crippen molar-refractivity contribution in [2.75, 3.05) is 24.4 Å². The molecule has 6 heteroatoms. The highest BCUT2D eigenvalue weighted by Gasteiger charge is 2.16. The van der Waals surface area contributed by atoms with Crippen LogP contribution < -0.4 is 15.0 Å². The summed E-state index contributed by atoms with van der Waals surface area (Å²) >= 11 is 0. The molecule has 1 heterocycles. The largest absolute Gasteiger partial charge is 0.497 e. The van der Waals surface area contributed by atoms with E-state index in [9.17, 15) is 9.90 Å². The summed E-state index contributed by atoms with van der Waals surface area (Å²) in [6, 6.07) is 17.1. The lowest BCUT2D eigenvalue weighted by Gasteiger charge is -2.23. The molecule has 32 heavy (non-hydrogen) atoms. The summed E-state index contributed by atoms with van der Waals surface area (Å²) in [7, 11) is 3.51. The van der Waals surface area contributed by atoms with Gasteiger partial charge in [-0.15, -0.1) is 0 Å². The minimum absolute atomic E-state index is 0.160. The summed E-state index contributed by atoms with van der Waals surface area (Å²) in [5.41, 5.74) is 3.82. The molecule has 0 saturated heterocycles. The third-order valence-electron chi connectivity index (χ3n) is 6.18. The fourth-order valence-electron chi connectivity index (χ4n) is 4.27. The Hall–Kier alpha value is -3.54. The van der Waals surface area contributed by atoms with Crippen molar-refractivity contribution in [2.45, 2.75) is 38.0 Å². The second kappa shape index (κ2) is 9.73. The van der Waals surface area contributed by atoms with E-state index in [-0.39, 0.29) is 5.56 Å². The van der Waals surface area contributed by atoms with Crippen molar-refractivity contribution < 1.29 is 14.6 Å². The van der Waals surface area contributed by atoms with Gasteiger partial charge in [0, 0.05) is 24.6 Å². The Bertz CT molecular complexity index is 1060. The topological polar surface area (TPSA) is 74.7 Å². The predicted molar refractivity (Wildman–Crippen MR) is 128 cm³/mol. The number of methoxy groups -OCH3 is 1. The Kier molecular flexibility index (Phi) is 6.59. The van der Waals surface area contributed by atoms with E-state index in [1.807, 2.05) is 42.4 Å². The second-order valence-electron chi connectivity index (χ2n) is 8.23. The van der Waals surface area contributed by atoms with Crippen molar-refractivity contribution in [2.24, 2.45) is 0 Å². The van der Waals surface area contributed by atoms with Crippen LogP contribution in [-0.4, -0.2) is 30.2 Å². The molecule has 1 fully saturated rings. The zero-order valence-electron chi connectivity index (χ0n) is 18.5. The van der Waals surface area contributed by atoms with Crippen molar-refractivity contribution in [3.63, 3.8) is 0 Å². The maximum atomic E-state index is 11.6. The van der Waals surface area contributed by atoms with Gasteiger partial charge in [0.15, 0.2) is 0 Å². The number of carboxylic acids is 1. The van der Waals surface area contributed by atoms with Crippen molar-refractivity contribution >= 4 is 28.8 Å². The lowest BCUT2D eigenvalue weighted by Crippen LogP contribution is -2.12. The Morgan fingerprint density at radius 1 is 1.06 bits per heavy atom. The minimum Gasteiger partial charge on any atom is -0.497 e. The number of ether oxygens (including phenoxy) is 1. The summed E-state index contributed by atoms with van der Waals surface area (Å²) < 4.78 is 5.13. The Morgan fingerprint density at radius 3 is 2.44 bits per heavy atom. The first-order valence-electron chi connectivity index (χ1n) is 11.0. The number of anilines is 4. The van der Waals surface area contributed by atoms with Crippen LogP contribution in [-0.2, 0) is 0 Å². The molecule has 0 unspecified atom stereocenters. The standard InChI is InChI=1S/C26H29N3O3/c1-29(25-15-8-19(17-27-25)18-6-4-3-5-7-18)21-11-9-20(10-12-21)28-24-14-13-22(32-2)16-23(24)26(30)31/h8-18,28H,3-7H2,1-2H3,(H,30,31). The predicted octanol–water partition coefficient (Wildman–Crippen LogP) is 6.35. The monoisotopic (exact) mass is 431 g/mol. The van der Waals surface area contributed by atoms with Gasteiger partial charge in [-0.25, -0.2) is 9.78 Å². The van der Waals surface area contributed by atoms with Gasteiger partial charge in [0.2, 0.25) is 0 Å². The molecular formula is C26H29N3O3. The molecular weight excluding hydrogens is 402 g/mol. The summed E-state index contributed by atoms with van der Waals surface area (Å²) in [5.74, 6) is 1.04. The van der Waals surface area contributed by atoms with Gasteiger partial charge < -0.3 is 20.1 Å². The van der Waals surface area contributed by atoms with Crippen LogP contribution in [0.2, 0.25) is 0 Å². The molecule has 6 nitrogen and oxygen atoms in total. The number of nitrogens with one attached hydrogen (secondary N) is 1. The van der Waals surface area contributed by atoms with Crippen LogP contribution in [0.1, 0.15) is 53.9 Å². The SMILES string of the molecule is COc1ccc(Nc2ccc(N(C)c3ccc(C4CCCCC4)cn3)cc2)c(C(=O)O)c1. The van der Waals surface area contributed by atoms with Crippen molar-refractivity contribution in [1.82, 2.24) is 4.98 Å². The molecule has 3 aromatic rings. The number of pyridine rings is 1. The molecule has 1 aliphatic carbocycles. The molecule has 1 saturated carbocycles. The Morgan fingerprint density at radius 2 is 1.81 bits per heavy atom. The van der Waals surface area contributed by atoms with E-state index in [0.29, 0.717) is 17.4 Å². The molecule has 0 aliphatic heterocycles. The number of benzene rings is 2. The summed E-state index contributed by atoms with van der Waals surface area (Å²) in [6.45, 7) is 0. The van der Waals surface area contributed by atoms with Crippen LogP contribution in [0.3, 0.4) is 0 Å². The summed E-state index contributed by atoms with van der Waals surface area (Å²) in [4.78, 5) is 18.3. The fraction of sp³-hybridized carbons (Fsp3) is 0.308. The van der Waals surface area contributed by atoms with E-state index in [1.54, 1.807) is 12.1 Å². The van der Waals surface area contributed by atoms with Crippen LogP contribution in [0.4, 0.5) is 22.9 Å². The quantitative estimate of drug-likeness (QED) is 0.454. The molecule has 1 aromatic heterocycles. The Labute approximate surface area is 188 Å². The highest BCUT2D eigenvalue weighted by Crippen LogP contribution is 2.33. The van der Waals surface area contributed by atoms with Gasteiger partial charge in [-0.3, -0.25) is 0 Å². The number of carboxylic acid groups (broad SMARTS) is 1. The molecule has 2 aromatic carbocycles. The number of aromatic nitrogens is 1. The van der Waals surface area contributed by atoms with Crippen LogP contribution in [0.5, 0.6) is 5.75 Å². The van der Waals surface area contributed by atoms with Gasteiger partial charge in [0.1, 0.15) is 11.6 Å². The van der Waals surface area contributed by atoms with Gasteiger partial charge in [0.25, 0.3) is 0 Å². The number of nitrogens with zero attached hydrogens (tertiary/aromatic N) is 2. The molecule has 1 aliphatic rings. The number of rotatable bonds is 7. The lowest BCUT2D eigenvalue weighted by molar-refractivity contribution is 0.0697. The van der Waals surface area contributed by atoms with E-state index >= 15 is 0 Å². The van der Waals surface area contributed by atoms with E-state index in [4.69, 9.17) is 9.72 Å². The maximum Gasteiger partial charge on any atom is 0.337 e. The van der Waals surface area contributed by atoms with E-state index < -0.39 is 5.97 Å². The molecule has 0 atom stereocenters. The third kappa shape index (κ3) is 4.85. The number of hydrogen-bond acceptors (Lipinski definition) is 5. The van der Waals surface area contributed by atoms with Gasteiger partial charge in [-0.05, 0) is 72.9 Å². The van der Waals surface area contributed by atoms with E-state index in [1.165, 1.54) is 50.8 Å². The molecule has 166 valence electrons. The van der Waals surface area contributed by atoms with Gasteiger partial charge in [-0.1, -0.05) is 25.3 Å². The molecule has 0 bridgehead atoms. The molecule has 0 radical (unpaired) electrons. The number of carbonyl (C=O) groups is 1. The lowest BCUT2D eigenvalue weighted by atomic mass is 9.85. The summed E-state index contributed by atoms with van der Waals surface area (Å²) in [5, 5.41) is 12.7. The molecule has 4 rings (SSSR count). The normalized spacial score (nSPS) is 14.1. The average Bonchev–Trinajstić information content (AvgIpc) is 2.85. The summed E-state index contributed by atoms with van der Waals surface area (Å²) in [6.07, 6.45) is 8.54. The van der Waals surface area contributed by atoms with Crippen LogP contribution in [0.15, 0.2) is 60.8 Å². The van der Waals surface area contributed by atoms with Gasteiger partial charge >= 0.3 is 5.97 Å². The van der Waals surface area contributed by atoms with Crippen LogP contribution >= 0.6 is 0 Å². The second-order valence-corrected chi connectivity index (χ2v) is 8.23. The van der Waals surface area contributed by atoms with E-state index in [2.05, 4.69) is 17.4 Å². The molecule has 0 amide bonds. The minimum atomic E-state index is -1.01. The highest BCUT2D eigenvalue weighted by atomic mass is 16.5. The molecule has 0 spiro atoms. The highest BCUT2D eigenvalue weighted by molar-refractivity contribution is 5.95. The van der Waals surface area contributed by atoms with Crippen LogP contribution in [0, 0.1) is 0 Å². The average molecular weight is 432 g/mol. The van der Waals surface area contributed by atoms with Crippen molar-refractivity contribution in [3.05, 3.63) is 71.9 Å². The van der Waals surface area contributed by atoms with Gasteiger partial charge in [0.05, 0.1) is 18.4 Å². The zero-order valence-corrected chi connectivity index (χ0v) is 18.5. The smallest absolute Gasteiger partial charge is 0.337 e. The maximum absolute atomic E-state index is 11.6. The first-order chi connectivity index (χ1) is 15.5. The number of aromatic carboxylic acids is 1. The van der Waals surface area contributed by atoms with Gasteiger partial charge in [-0.2, -0.15) is 0 Å². The number of hydrogen-bond donors (Lipinski definition) is 2. The Balaban J connectivity index is 1.46. The fourth-order valence-corrected chi connectivity index (χ4v) is 4.27. The first-order valence-corrected chi connectivity index (χ1v) is 11.0. The first kappa shape index (κ1) is 21.7. The third-order valence-corrected chi connectivity index (χ3v) is 6.18. The van der Waals surface area contributed by atoms with Crippen molar-refractivity contribution in [1.29, 1.82) is 0 Å². The molecule has 2 N–H and O–H groups in total. The van der Waals surface area contributed by atoms with Crippen LogP contribution in [0.25, 0.3) is 0 Å². The zero-order chi connectivity index (χ0) is 22.5. The van der Waals surface area contributed by atoms with Crippen molar-refractivity contribution in [3.8, 4) is 5.75 Å². The van der Waals surface area contributed by atoms with E-state index in [0.717, 1.165) is 17.2 Å².